The molecule has 0 aliphatic heterocycles. The highest BCUT2D eigenvalue weighted by molar-refractivity contribution is 5.45. The van der Waals surface area contributed by atoms with E-state index in [0.29, 0.717) is 17.9 Å². The van der Waals surface area contributed by atoms with E-state index in [1.54, 1.807) is 19.2 Å². The molecule has 0 aromatic heterocycles. The smallest absolute Gasteiger partial charge is 0.274 e. The van der Waals surface area contributed by atoms with Crippen LogP contribution < -0.4 is 4.74 Å². The third-order valence-corrected chi connectivity index (χ3v) is 1.97. The number of nitro groups is 1. The van der Waals surface area contributed by atoms with E-state index in [2.05, 4.69) is 0 Å². The van der Waals surface area contributed by atoms with Crippen molar-refractivity contribution in [3.8, 4) is 5.75 Å². The van der Waals surface area contributed by atoms with E-state index in [1.165, 1.54) is 6.07 Å². The lowest BCUT2D eigenvalue weighted by Crippen LogP contribution is -2.12. The molecule has 0 saturated carbocycles. The van der Waals surface area contributed by atoms with Gasteiger partial charge in [0.15, 0.2) is 0 Å². The summed E-state index contributed by atoms with van der Waals surface area (Å²) in [6.07, 6.45) is 0. The van der Waals surface area contributed by atoms with Gasteiger partial charge in [0.1, 0.15) is 5.75 Å². The number of hydrogen-bond acceptors (Lipinski definition) is 4. The minimum absolute atomic E-state index is 0.129. The normalized spacial score (nSPS) is 10.4. The van der Waals surface area contributed by atoms with E-state index in [-0.39, 0.29) is 10.6 Å². The van der Waals surface area contributed by atoms with Crippen LogP contribution in [-0.2, 0) is 6.54 Å². The summed E-state index contributed by atoms with van der Waals surface area (Å²) in [7, 11) is 5.27. The lowest BCUT2D eigenvalue weighted by molar-refractivity contribution is -0.385. The van der Waals surface area contributed by atoms with Gasteiger partial charge >= 0.3 is 0 Å². The van der Waals surface area contributed by atoms with Crippen molar-refractivity contribution in [1.29, 1.82) is 0 Å². The molecule has 1 aromatic carbocycles. The van der Waals surface area contributed by atoms with E-state index >= 15 is 0 Å². The van der Waals surface area contributed by atoms with Crippen LogP contribution in [0.15, 0.2) is 18.2 Å². The van der Waals surface area contributed by atoms with Crippen LogP contribution in [0.25, 0.3) is 0 Å². The van der Waals surface area contributed by atoms with Crippen LogP contribution in [-0.4, -0.2) is 31.0 Å². The van der Waals surface area contributed by atoms with Gasteiger partial charge in [-0.1, -0.05) is 0 Å². The monoisotopic (exact) mass is 210 g/mol. The summed E-state index contributed by atoms with van der Waals surface area (Å²) in [5, 5.41) is 10.7. The zero-order valence-electron chi connectivity index (χ0n) is 9.06. The van der Waals surface area contributed by atoms with Gasteiger partial charge in [0.2, 0.25) is 0 Å². The Hall–Kier alpha value is -1.62. The summed E-state index contributed by atoms with van der Waals surface area (Å²) in [4.78, 5) is 12.2. The number of benzene rings is 1. The van der Waals surface area contributed by atoms with Crippen LogP contribution in [0.1, 0.15) is 5.56 Å². The molecule has 15 heavy (non-hydrogen) atoms. The van der Waals surface area contributed by atoms with E-state index < -0.39 is 0 Å². The molecule has 0 fully saturated rings. The van der Waals surface area contributed by atoms with Crippen LogP contribution in [0.2, 0.25) is 0 Å². The number of rotatable bonds is 4. The standard InChI is InChI=1S/C10H14N2O3/c1-11(2)7-8-6-9(15-3)4-5-10(8)12(13)14/h4-6H,7H2,1-3H3. The summed E-state index contributed by atoms with van der Waals surface area (Å²) in [6.45, 7) is 0.521. The molecule has 0 radical (unpaired) electrons. The van der Waals surface area contributed by atoms with Crippen LogP contribution in [0.4, 0.5) is 5.69 Å². The van der Waals surface area contributed by atoms with Crippen molar-refractivity contribution in [1.82, 2.24) is 4.90 Å². The summed E-state index contributed by atoms with van der Waals surface area (Å²) in [6, 6.07) is 4.76. The summed E-state index contributed by atoms with van der Waals surface area (Å²) < 4.78 is 5.03. The molecule has 0 atom stereocenters. The summed E-state index contributed by atoms with van der Waals surface area (Å²) in [5.74, 6) is 0.637. The molecule has 5 nitrogen and oxygen atoms in total. The van der Waals surface area contributed by atoms with Crippen molar-refractivity contribution in [3.05, 3.63) is 33.9 Å². The Kier molecular flexibility index (Phi) is 3.62. The number of ether oxygens (including phenoxy) is 1. The lowest BCUT2D eigenvalue weighted by atomic mass is 10.1. The molecule has 0 spiro atoms. The van der Waals surface area contributed by atoms with Gasteiger partial charge in [0.05, 0.1) is 12.0 Å². The van der Waals surface area contributed by atoms with Crippen molar-refractivity contribution in [2.75, 3.05) is 21.2 Å². The van der Waals surface area contributed by atoms with E-state index in [0.717, 1.165) is 0 Å². The van der Waals surface area contributed by atoms with Crippen molar-refractivity contribution in [2.24, 2.45) is 0 Å². The van der Waals surface area contributed by atoms with Gasteiger partial charge in [-0.05, 0) is 26.2 Å². The number of nitrogens with zero attached hydrogens (tertiary/aromatic N) is 2. The minimum Gasteiger partial charge on any atom is -0.497 e. The topological polar surface area (TPSA) is 55.6 Å². The highest BCUT2D eigenvalue weighted by Crippen LogP contribution is 2.24. The Bertz CT molecular complexity index is 364. The van der Waals surface area contributed by atoms with Gasteiger partial charge in [-0.15, -0.1) is 0 Å². The zero-order valence-corrected chi connectivity index (χ0v) is 9.06. The highest BCUT2D eigenvalue weighted by atomic mass is 16.6. The molecule has 1 rings (SSSR count). The van der Waals surface area contributed by atoms with Gasteiger partial charge in [0.25, 0.3) is 5.69 Å². The van der Waals surface area contributed by atoms with Crippen molar-refractivity contribution in [2.45, 2.75) is 6.54 Å². The SMILES string of the molecule is COc1ccc([N+](=O)[O-])c(CN(C)C)c1. The van der Waals surface area contributed by atoms with Crippen LogP contribution in [0.3, 0.4) is 0 Å². The fraction of sp³-hybridized carbons (Fsp3) is 0.400. The maximum atomic E-state index is 10.7. The third kappa shape index (κ3) is 2.92. The lowest BCUT2D eigenvalue weighted by Gasteiger charge is -2.10. The Labute approximate surface area is 88.4 Å². The molecule has 0 N–H and O–H groups in total. The van der Waals surface area contributed by atoms with Gasteiger partial charge in [-0.3, -0.25) is 10.1 Å². The molecule has 0 bridgehead atoms. The maximum absolute atomic E-state index is 10.7. The predicted molar refractivity (Wildman–Crippen MR) is 57.0 cm³/mol. The van der Waals surface area contributed by atoms with Crippen molar-refractivity contribution < 1.29 is 9.66 Å². The van der Waals surface area contributed by atoms with Gasteiger partial charge in [0, 0.05) is 18.2 Å². The first-order chi connectivity index (χ1) is 7.04. The first-order valence-electron chi connectivity index (χ1n) is 4.50. The largest absolute Gasteiger partial charge is 0.497 e. The third-order valence-electron chi connectivity index (χ3n) is 1.97. The first-order valence-corrected chi connectivity index (χ1v) is 4.50. The average Bonchev–Trinajstić information content (AvgIpc) is 2.16. The van der Waals surface area contributed by atoms with Crippen molar-refractivity contribution >= 4 is 5.69 Å². The molecule has 0 saturated heterocycles. The van der Waals surface area contributed by atoms with Crippen LogP contribution in [0, 0.1) is 10.1 Å². The first kappa shape index (κ1) is 11.5. The van der Waals surface area contributed by atoms with E-state index in [1.807, 2.05) is 19.0 Å². The number of nitro benzene ring substituents is 1. The number of methoxy groups -OCH3 is 1. The Morgan fingerprint density at radius 2 is 2.13 bits per heavy atom. The number of hydrogen-bond donors (Lipinski definition) is 0. The zero-order chi connectivity index (χ0) is 11.4. The quantitative estimate of drug-likeness (QED) is 0.560. The predicted octanol–water partition coefficient (Wildman–Crippen LogP) is 1.66. The highest BCUT2D eigenvalue weighted by Gasteiger charge is 2.14. The molecule has 82 valence electrons. The maximum Gasteiger partial charge on any atom is 0.274 e. The summed E-state index contributed by atoms with van der Waals surface area (Å²) >= 11 is 0. The molecule has 0 heterocycles. The second-order valence-corrected chi connectivity index (χ2v) is 3.49. The van der Waals surface area contributed by atoms with Gasteiger partial charge < -0.3 is 9.64 Å². The van der Waals surface area contributed by atoms with Gasteiger partial charge in [-0.25, -0.2) is 0 Å². The van der Waals surface area contributed by atoms with Gasteiger partial charge in [-0.2, -0.15) is 0 Å². The van der Waals surface area contributed by atoms with E-state index in [9.17, 15) is 10.1 Å². The molecular formula is C10H14N2O3. The minimum atomic E-state index is -0.377. The molecule has 1 aromatic rings. The fourth-order valence-electron chi connectivity index (χ4n) is 1.33. The Morgan fingerprint density at radius 1 is 1.47 bits per heavy atom. The van der Waals surface area contributed by atoms with Crippen LogP contribution >= 0.6 is 0 Å². The summed E-state index contributed by atoms with van der Waals surface area (Å²) in [5.41, 5.74) is 0.786. The fourth-order valence-corrected chi connectivity index (χ4v) is 1.33. The Morgan fingerprint density at radius 3 is 2.60 bits per heavy atom. The molecule has 0 aliphatic rings. The second-order valence-electron chi connectivity index (χ2n) is 3.49. The van der Waals surface area contributed by atoms with Crippen LogP contribution in [0.5, 0.6) is 5.75 Å². The van der Waals surface area contributed by atoms with Crippen molar-refractivity contribution in [3.63, 3.8) is 0 Å². The second kappa shape index (κ2) is 4.75. The molecule has 5 heteroatoms. The molecule has 0 unspecified atom stereocenters. The molecule has 0 amide bonds. The molecule has 0 aliphatic carbocycles. The Balaban J connectivity index is 3.10. The van der Waals surface area contributed by atoms with E-state index in [4.69, 9.17) is 4.74 Å². The molecular weight excluding hydrogens is 196 g/mol. The average molecular weight is 210 g/mol.